The molecule has 4 aromatic rings. The molecule has 0 aliphatic carbocycles. The number of nitrogens with two attached hydrogens (primary N) is 1. The number of hydrogen-bond donors (Lipinski definition) is 3. The Bertz CT molecular complexity index is 1940. The second-order valence-corrected chi connectivity index (χ2v) is 14.0. The van der Waals surface area contributed by atoms with E-state index >= 15 is 0 Å². The minimum Gasteiger partial charge on any atom is -0.445 e. The van der Waals surface area contributed by atoms with Crippen LogP contribution >= 0.6 is 0 Å². The molecule has 1 amide bonds. The lowest BCUT2D eigenvalue weighted by Gasteiger charge is -2.20. The normalized spacial score (nSPS) is 15.5. The van der Waals surface area contributed by atoms with Gasteiger partial charge in [0, 0.05) is 30.0 Å². The van der Waals surface area contributed by atoms with Gasteiger partial charge in [-0.3, -0.25) is 19.2 Å². The van der Waals surface area contributed by atoms with Crippen molar-refractivity contribution in [2.75, 3.05) is 11.9 Å². The van der Waals surface area contributed by atoms with E-state index in [0.717, 1.165) is 12.0 Å². The minimum atomic E-state index is -3.91. The van der Waals surface area contributed by atoms with Crippen molar-refractivity contribution < 1.29 is 32.3 Å². The molecule has 260 valence electrons. The molecule has 3 atom stereocenters. The predicted molar refractivity (Wildman–Crippen MR) is 191 cm³/mol. The molecule has 4 N–H and O–H groups in total. The number of primary sulfonamides is 1. The summed E-state index contributed by atoms with van der Waals surface area (Å²) < 4.78 is 29.8. The number of anilines is 1. The van der Waals surface area contributed by atoms with Crippen LogP contribution in [0.1, 0.15) is 42.9 Å². The quantitative estimate of drug-likeness (QED) is 0.118. The highest BCUT2D eigenvalue weighted by atomic mass is 32.2. The largest absolute Gasteiger partial charge is 0.445 e. The number of Topliss-reactive ketones (excluding diaryl/α,β-unsaturated/α-hetero) is 2. The number of rotatable bonds is 15. The van der Waals surface area contributed by atoms with Crippen LogP contribution in [-0.4, -0.2) is 50.6 Å². The van der Waals surface area contributed by atoms with Gasteiger partial charge in [0.1, 0.15) is 6.04 Å². The van der Waals surface area contributed by atoms with Crippen LogP contribution in [0.4, 0.5) is 5.69 Å². The molecule has 0 spiro atoms. The van der Waals surface area contributed by atoms with E-state index in [4.69, 9.17) is 9.88 Å². The number of carbonyl (C=O) groups is 4. The van der Waals surface area contributed by atoms with Gasteiger partial charge in [0.2, 0.25) is 22.0 Å². The average molecular weight is 696 g/mol. The Labute approximate surface area is 292 Å². The van der Waals surface area contributed by atoms with E-state index in [0.29, 0.717) is 53.7 Å². The molecule has 0 aromatic heterocycles. The number of ketones is 2. The molecule has 1 saturated heterocycles. The summed E-state index contributed by atoms with van der Waals surface area (Å²) in [4.78, 5) is 53.6. The summed E-state index contributed by atoms with van der Waals surface area (Å²) in [6.07, 6.45) is 0.424. The van der Waals surface area contributed by atoms with Gasteiger partial charge < -0.3 is 15.4 Å². The van der Waals surface area contributed by atoms with Crippen LogP contribution in [0.3, 0.4) is 0 Å². The molecule has 1 aliphatic heterocycles. The zero-order valence-electron chi connectivity index (χ0n) is 27.8. The highest BCUT2D eigenvalue weighted by Crippen LogP contribution is 2.28. The molecule has 1 fully saturated rings. The molecule has 0 radical (unpaired) electrons. The van der Waals surface area contributed by atoms with Gasteiger partial charge in [-0.2, -0.15) is 0 Å². The second kappa shape index (κ2) is 16.6. The zero-order valence-corrected chi connectivity index (χ0v) is 28.7. The first kappa shape index (κ1) is 36.3. The summed E-state index contributed by atoms with van der Waals surface area (Å²) in [5.74, 6) is -2.38. The van der Waals surface area contributed by atoms with Crippen molar-refractivity contribution in [3.63, 3.8) is 0 Å². The highest BCUT2D eigenvalue weighted by molar-refractivity contribution is 7.89. The van der Waals surface area contributed by atoms with E-state index in [1.54, 1.807) is 78.9 Å². The maximum absolute atomic E-state index is 13.7. The summed E-state index contributed by atoms with van der Waals surface area (Å²) in [5.41, 5.74) is 3.67. The number of nitrogens with one attached hydrogen (secondary N) is 2. The number of benzene rings is 4. The smallest absolute Gasteiger partial charge is 0.324 e. The van der Waals surface area contributed by atoms with Crippen LogP contribution < -0.4 is 15.8 Å². The summed E-state index contributed by atoms with van der Waals surface area (Å²) in [6, 6.07) is 29.1. The minimum absolute atomic E-state index is 0.0339. The molecule has 1 heterocycles. The lowest BCUT2D eigenvalue weighted by atomic mass is 9.94. The number of carbonyl (C=O) groups excluding carboxylic acids is 4. The highest BCUT2D eigenvalue weighted by Gasteiger charge is 2.34. The fourth-order valence-corrected chi connectivity index (χ4v) is 6.84. The topological polar surface area (TPSA) is 162 Å². The first-order chi connectivity index (χ1) is 24.0. The van der Waals surface area contributed by atoms with Crippen molar-refractivity contribution >= 4 is 39.2 Å². The van der Waals surface area contributed by atoms with Gasteiger partial charge in [-0.25, -0.2) is 13.6 Å². The van der Waals surface area contributed by atoms with Crippen molar-refractivity contribution in [2.45, 2.75) is 62.5 Å². The SMILES string of the molecule is CC[C@@H](Cc1ccc(-c2ccccc2S(N)(=O)=O)cc1)C(=O)Nc1ccccc1CC(=O)[C@@H](OC(=O)[C@@H]1CCCN1)C(=O)Cc1ccccc1. The van der Waals surface area contributed by atoms with Crippen LogP contribution in [0.5, 0.6) is 0 Å². The van der Waals surface area contributed by atoms with E-state index in [1.165, 1.54) is 6.07 Å². The Balaban J connectivity index is 1.28. The predicted octanol–water partition coefficient (Wildman–Crippen LogP) is 4.80. The molecule has 1 aliphatic rings. The number of hydrogen-bond acceptors (Lipinski definition) is 8. The Morgan fingerprint density at radius 2 is 1.50 bits per heavy atom. The summed E-state index contributed by atoms with van der Waals surface area (Å²) >= 11 is 0. The maximum atomic E-state index is 13.7. The molecule has 11 heteroatoms. The summed E-state index contributed by atoms with van der Waals surface area (Å²) in [5, 5.41) is 11.4. The van der Waals surface area contributed by atoms with E-state index < -0.39 is 45.6 Å². The zero-order chi connectivity index (χ0) is 35.7. The van der Waals surface area contributed by atoms with Crippen molar-refractivity contribution in [1.82, 2.24) is 5.32 Å². The first-order valence-corrected chi connectivity index (χ1v) is 18.2. The van der Waals surface area contributed by atoms with Gasteiger partial charge >= 0.3 is 5.97 Å². The summed E-state index contributed by atoms with van der Waals surface area (Å²) in [6.45, 7) is 2.57. The van der Waals surface area contributed by atoms with Gasteiger partial charge in [0.05, 0.1) is 4.90 Å². The van der Waals surface area contributed by atoms with Crippen LogP contribution in [0.25, 0.3) is 11.1 Å². The van der Waals surface area contributed by atoms with Gasteiger partial charge in [0.25, 0.3) is 0 Å². The van der Waals surface area contributed by atoms with Crippen molar-refractivity contribution in [3.8, 4) is 11.1 Å². The van der Waals surface area contributed by atoms with Gasteiger partial charge in [-0.15, -0.1) is 0 Å². The Morgan fingerprint density at radius 1 is 0.840 bits per heavy atom. The van der Waals surface area contributed by atoms with E-state index in [9.17, 15) is 27.6 Å². The Hall–Kier alpha value is -4.97. The number of sulfonamides is 1. The van der Waals surface area contributed by atoms with Crippen LogP contribution in [0, 0.1) is 5.92 Å². The summed E-state index contributed by atoms with van der Waals surface area (Å²) in [7, 11) is -3.91. The van der Waals surface area contributed by atoms with Crippen molar-refractivity contribution in [3.05, 3.63) is 120 Å². The number of amides is 1. The van der Waals surface area contributed by atoms with E-state index in [2.05, 4.69) is 10.6 Å². The van der Waals surface area contributed by atoms with Gasteiger partial charge in [0.15, 0.2) is 11.6 Å². The number of esters is 1. The van der Waals surface area contributed by atoms with Crippen LogP contribution in [0.15, 0.2) is 108 Å². The number of ether oxygens (including phenoxy) is 1. The molecule has 50 heavy (non-hydrogen) atoms. The first-order valence-electron chi connectivity index (χ1n) is 16.7. The fourth-order valence-electron chi connectivity index (χ4n) is 6.08. The third-order valence-electron chi connectivity index (χ3n) is 8.83. The molecule has 0 bridgehead atoms. The third-order valence-corrected chi connectivity index (χ3v) is 9.80. The average Bonchev–Trinajstić information content (AvgIpc) is 3.66. The monoisotopic (exact) mass is 695 g/mol. The van der Waals surface area contributed by atoms with Crippen molar-refractivity contribution in [1.29, 1.82) is 0 Å². The lowest BCUT2D eigenvalue weighted by Crippen LogP contribution is -2.42. The molecule has 0 saturated carbocycles. The van der Waals surface area contributed by atoms with Gasteiger partial charge in [-0.05, 0) is 66.6 Å². The Kier molecular flexibility index (Phi) is 12.1. The van der Waals surface area contributed by atoms with Gasteiger partial charge in [-0.1, -0.05) is 97.9 Å². The van der Waals surface area contributed by atoms with Crippen LogP contribution in [0.2, 0.25) is 0 Å². The van der Waals surface area contributed by atoms with Crippen LogP contribution in [-0.2, 0) is 53.2 Å². The van der Waals surface area contributed by atoms with E-state index in [-0.39, 0.29) is 23.6 Å². The molecule has 4 aromatic carbocycles. The Morgan fingerprint density at radius 3 is 2.18 bits per heavy atom. The molecule has 5 rings (SSSR count). The molecular weight excluding hydrogens is 655 g/mol. The molecular formula is C39H41N3O7S. The number of para-hydroxylation sites is 1. The fraction of sp³-hybridized carbons (Fsp3) is 0.282. The molecule has 10 nitrogen and oxygen atoms in total. The molecule has 0 unspecified atom stereocenters. The van der Waals surface area contributed by atoms with Crippen molar-refractivity contribution in [2.24, 2.45) is 11.1 Å². The lowest BCUT2D eigenvalue weighted by molar-refractivity contribution is -0.161. The standard InChI is InChI=1S/C39H41N3O7S/c1-2-28(23-27-18-20-29(21-19-27)31-14-7-9-17-36(31)50(40,47)48)38(45)42-32-15-8-6-13-30(32)25-35(44)37(49-39(46)33-16-10-22-41-33)34(43)24-26-11-4-3-5-12-26/h3-9,11-15,17-21,28,33,37,41H,2,10,16,22-25H2,1H3,(H,42,45)(H2,40,47,48)/t28-,33-,37-/m0/s1. The third kappa shape index (κ3) is 9.38. The van der Waals surface area contributed by atoms with E-state index in [1.807, 2.05) is 25.1 Å². The second-order valence-electron chi connectivity index (χ2n) is 12.4. The maximum Gasteiger partial charge on any atom is 0.324 e.